The van der Waals surface area contributed by atoms with Crippen molar-refractivity contribution in [2.45, 2.75) is 18.4 Å². The van der Waals surface area contributed by atoms with Crippen LogP contribution in [0, 0.1) is 0 Å². The van der Waals surface area contributed by atoms with Gasteiger partial charge in [0.25, 0.3) is 5.91 Å². The van der Waals surface area contributed by atoms with Crippen LogP contribution in [-0.4, -0.2) is 42.2 Å². The van der Waals surface area contributed by atoms with Crippen LogP contribution in [0.2, 0.25) is 0 Å². The smallest absolute Gasteiger partial charge is 0.255 e. The zero-order valence-electron chi connectivity index (χ0n) is 16.2. The number of sulfonamides is 1. The summed E-state index contributed by atoms with van der Waals surface area (Å²) >= 11 is 0. The third kappa shape index (κ3) is 4.93. The molecule has 0 aliphatic rings. The summed E-state index contributed by atoms with van der Waals surface area (Å²) in [5, 5.41) is 2.64. The Labute approximate surface area is 164 Å². The van der Waals surface area contributed by atoms with E-state index in [1.165, 1.54) is 39.5 Å². The molecule has 0 atom stereocenters. The Bertz CT molecular complexity index is 943. The first-order chi connectivity index (χ1) is 13.4. The molecule has 0 fully saturated rings. The Kier molecular flexibility index (Phi) is 7.24. The summed E-state index contributed by atoms with van der Waals surface area (Å²) < 4.78 is 43.6. The molecule has 2 aromatic rings. The highest BCUT2D eigenvalue weighted by Crippen LogP contribution is 2.25. The summed E-state index contributed by atoms with van der Waals surface area (Å²) in [7, 11) is 0.561. The summed E-state index contributed by atoms with van der Waals surface area (Å²) in [6.45, 7) is 2.17. The van der Waals surface area contributed by atoms with Gasteiger partial charge < -0.3 is 19.5 Å². The maximum atomic E-state index is 12.7. The Balaban J connectivity index is 2.30. The van der Waals surface area contributed by atoms with Gasteiger partial charge in [-0.15, -0.1) is 0 Å². The Morgan fingerprint density at radius 2 is 1.64 bits per heavy atom. The molecule has 2 rings (SSSR count). The third-order valence-corrected chi connectivity index (χ3v) is 5.40. The minimum atomic E-state index is -3.88. The summed E-state index contributed by atoms with van der Waals surface area (Å²) in [6.07, 6.45) is 0. The largest absolute Gasteiger partial charge is 0.497 e. The summed E-state index contributed by atoms with van der Waals surface area (Å²) in [6, 6.07) is 9.23. The van der Waals surface area contributed by atoms with Gasteiger partial charge in [0.1, 0.15) is 17.2 Å². The topological polar surface area (TPSA) is 103 Å². The number of rotatable bonds is 9. The van der Waals surface area contributed by atoms with Gasteiger partial charge in [-0.3, -0.25) is 4.79 Å². The number of ether oxygens (including phenoxy) is 3. The van der Waals surface area contributed by atoms with Gasteiger partial charge in [-0.05, 0) is 43.3 Å². The third-order valence-electron chi connectivity index (χ3n) is 4.00. The van der Waals surface area contributed by atoms with Gasteiger partial charge in [0, 0.05) is 18.7 Å². The molecule has 1 amide bonds. The number of benzene rings is 2. The average Bonchev–Trinajstić information content (AvgIpc) is 2.71. The quantitative estimate of drug-likeness (QED) is 0.657. The van der Waals surface area contributed by atoms with E-state index in [1.54, 1.807) is 25.1 Å². The van der Waals surface area contributed by atoms with E-state index in [2.05, 4.69) is 10.0 Å². The zero-order valence-corrected chi connectivity index (χ0v) is 17.1. The van der Waals surface area contributed by atoms with E-state index in [0.29, 0.717) is 29.4 Å². The van der Waals surface area contributed by atoms with Crippen molar-refractivity contribution in [3.8, 4) is 17.2 Å². The van der Waals surface area contributed by atoms with Crippen LogP contribution < -0.4 is 24.2 Å². The Morgan fingerprint density at radius 3 is 2.25 bits per heavy atom. The van der Waals surface area contributed by atoms with Crippen LogP contribution >= 0.6 is 0 Å². The minimum Gasteiger partial charge on any atom is -0.497 e. The predicted molar refractivity (Wildman–Crippen MR) is 105 cm³/mol. The van der Waals surface area contributed by atoms with Gasteiger partial charge in [-0.25, -0.2) is 13.1 Å². The number of amides is 1. The lowest BCUT2D eigenvalue weighted by molar-refractivity contribution is 0.0952. The molecule has 8 nitrogen and oxygen atoms in total. The van der Waals surface area contributed by atoms with E-state index in [9.17, 15) is 13.2 Å². The Morgan fingerprint density at radius 1 is 0.964 bits per heavy atom. The van der Waals surface area contributed by atoms with E-state index in [4.69, 9.17) is 14.2 Å². The van der Waals surface area contributed by atoms with Crippen LogP contribution in [-0.2, 0) is 16.6 Å². The maximum Gasteiger partial charge on any atom is 0.255 e. The number of carbonyl (C=O) groups excluding carboxylic acids is 1. The van der Waals surface area contributed by atoms with Gasteiger partial charge in [-0.2, -0.15) is 0 Å². The fourth-order valence-electron chi connectivity index (χ4n) is 2.56. The predicted octanol–water partition coefficient (Wildman–Crippen LogP) is 1.94. The molecule has 0 aliphatic carbocycles. The summed E-state index contributed by atoms with van der Waals surface area (Å²) in [4.78, 5) is 12.2. The SMILES string of the molecule is CCNC(=O)c1cc(S(=O)(=O)NCc2cc(OC)ccc2OC)ccc1OC. The van der Waals surface area contributed by atoms with Crippen LogP contribution in [0.15, 0.2) is 41.3 Å². The molecule has 9 heteroatoms. The van der Waals surface area contributed by atoms with Crippen LogP contribution in [0.3, 0.4) is 0 Å². The lowest BCUT2D eigenvalue weighted by Gasteiger charge is -2.13. The average molecular weight is 408 g/mol. The molecule has 28 heavy (non-hydrogen) atoms. The summed E-state index contributed by atoms with van der Waals surface area (Å²) in [5.74, 6) is 0.990. The molecule has 0 aromatic heterocycles. The Hall–Kier alpha value is -2.78. The van der Waals surface area contributed by atoms with Crippen molar-refractivity contribution in [2.75, 3.05) is 27.9 Å². The monoisotopic (exact) mass is 408 g/mol. The molecule has 152 valence electrons. The van der Waals surface area contributed by atoms with E-state index < -0.39 is 15.9 Å². The van der Waals surface area contributed by atoms with Gasteiger partial charge in [0.05, 0.1) is 31.8 Å². The molecule has 0 saturated heterocycles. The van der Waals surface area contributed by atoms with Crippen molar-refractivity contribution >= 4 is 15.9 Å². The standard InChI is InChI=1S/C19H24N2O6S/c1-5-20-19(22)16-11-15(7-9-18(16)27-4)28(23,24)21-12-13-10-14(25-2)6-8-17(13)26-3/h6-11,21H,5,12H2,1-4H3,(H,20,22). The van der Waals surface area contributed by atoms with E-state index in [0.717, 1.165) is 0 Å². The van der Waals surface area contributed by atoms with E-state index in [-0.39, 0.29) is 17.0 Å². The first kappa shape index (κ1) is 21.5. The van der Waals surface area contributed by atoms with Crippen molar-refractivity contribution in [1.29, 1.82) is 0 Å². The van der Waals surface area contributed by atoms with E-state index >= 15 is 0 Å². The number of methoxy groups -OCH3 is 3. The fourth-order valence-corrected chi connectivity index (χ4v) is 3.60. The molecular weight excluding hydrogens is 384 g/mol. The van der Waals surface area contributed by atoms with Crippen molar-refractivity contribution in [3.05, 3.63) is 47.5 Å². The van der Waals surface area contributed by atoms with Gasteiger partial charge in [0.15, 0.2) is 0 Å². The number of carbonyl (C=O) groups is 1. The number of hydrogen-bond acceptors (Lipinski definition) is 6. The first-order valence-electron chi connectivity index (χ1n) is 8.53. The molecule has 0 saturated carbocycles. The fraction of sp³-hybridized carbons (Fsp3) is 0.316. The lowest BCUT2D eigenvalue weighted by atomic mass is 10.2. The van der Waals surface area contributed by atoms with Gasteiger partial charge in [0.2, 0.25) is 10.0 Å². The highest BCUT2D eigenvalue weighted by molar-refractivity contribution is 7.89. The van der Waals surface area contributed by atoms with Crippen LogP contribution in [0.25, 0.3) is 0 Å². The molecule has 2 aromatic carbocycles. The molecule has 0 heterocycles. The molecule has 0 bridgehead atoms. The van der Waals surface area contributed by atoms with Crippen LogP contribution in [0.1, 0.15) is 22.8 Å². The zero-order chi connectivity index (χ0) is 20.7. The molecule has 0 aliphatic heterocycles. The molecule has 2 N–H and O–H groups in total. The van der Waals surface area contributed by atoms with Crippen LogP contribution in [0.4, 0.5) is 0 Å². The second kappa shape index (κ2) is 9.43. The molecular formula is C19H24N2O6S. The molecule has 0 radical (unpaired) electrons. The normalized spacial score (nSPS) is 11.0. The second-order valence-electron chi connectivity index (χ2n) is 5.72. The van der Waals surface area contributed by atoms with Gasteiger partial charge >= 0.3 is 0 Å². The number of nitrogens with one attached hydrogen (secondary N) is 2. The van der Waals surface area contributed by atoms with Crippen molar-refractivity contribution in [2.24, 2.45) is 0 Å². The lowest BCUT2D eigenvalue weighted by Crippen LogP contribution is -2.26. The van der Waals surface area contributed by atoms with Crippen molar-refractivity contribution in [3.63, 3.8) is 0 Å². The second-order valence-corrected chi connectivity index (χ2v) is 7.49. The van der Waals surface area contributed by atoms with Crippen molar-refractivity contribution < 1.29 is 27.4 Å². The highest BCUT2D eigenvalue weighted by Gasteiger charge is 2.20. The van der Waals surface area contributed by atoms with Crippen molar-refractivity contribution in [1.82, 2.24) is 10.0 Å². The minimum absolute atomic E-state index is 0.00870. The highest BCUT2D eigenvalue weighted by atomic mass is 32.2. The number of hydrogen-bond donors (Lipinski definition) is 2. The molecule has 0 unspecified atom stereocenters. The summed E-state index contributed by atoms with van der Waals surface area (Å²) in [5.41, 5.74) is 0.758. The maximum absolute atomic E-state index is 12.7. The molecule has 0 spiro atoms. The first-order valence-corrected chi connectivity index (χ1v) is 10.0. The van der Waals surface area contributed by atoms with E-state index in [1.807, 2.05) is 0 Å². The van der Waals surface area contributed by atoms with Gasteiger partial charge in [-0.1, -0.05) is 0 Å². The van der Waals surface area contributed by atoms with Crippen LogP contribution in [0.5, 0.6) is 17.2 Å².